The largest absolute Gasteiger partial charge is 0.393 e. The normalized spacial score (nSPS) is 42.9. The van der Waals surface area contributed by atoms with E-state index in [9.17, 15) is 5.11 Å². The SMILES string of the molecule is C[C@]12CC[C@H](O)CC1=C[C@@H](OO)CC2. The molecule has 2 aliphatic carbocycles. The second-order valence-electron chi connectivity index (χ2n) is 4.83. The van der Waals surface area contributed by atoms with Crippen LogP contribution in [0, 0.1) is 5.41 Å². The summed E-state index contributed by atoms with van der Waals surface area (Å²) in [6, 6.07) is 0. The number of hydrogen-bond donors (Lipinski definition) is 2. The third-order valence-corrected chi connectivity index (χ3v) is 3.76. The van der Waals surface area contributed by atoms with Gasteiger partial charge < -0.3 is 5.11 Å². The lowest BCUT2D eigenvalue weighted by Crippen LogP contribution is -2.34. The Morgan fingerprint density at radius 2 is 2.14 bits per heavy atom. The minimum atomic E-state index is -0.202. The van der Waals surface area contributed by atoms with E-state index in [4.69, 9.17) is 5.26 Å². The fourth-order valence-electron chi connectivity index (χ4n) is 2.65. The number of aliphatic hydroxyl groups excluding tert-OH is 1. The molecule has 2 N–H and O–H groups in total. The molecule has 0 saturated heterocycles. The Morgan fingerprint density at radius 1 is 1.43 bits per heavy atom. The zero-order valence-corrected chi connectivity index (χ0v) is 8.57. The Kier molecular flexibility index (Phi) is 2.64. The van der Waals surface area contributed by atoms with Crippen molar-refractivity contribution in [3.8, 4) is 0 Å². The summed E-state index contributed by atoms with van der Waals surface area (Å²) in [7, 11) is 0. The van der Waals surface area contributed by atoms with Crippen molar-refractivity contribution >= 4 is 0 Å². The lowest BCUT2D eigenvalue weighted by atomic mass is 9.65. The highest BCUT2D eigenvalue weighted by atomic mass is 17.1. The van der Waals surface area contributed by atoms with Gasteiger partial charge in [-0.1, -0.05) is 18.6 Å². The van der Waals surface area contributed by atoms with Gasteiger partial charge in [0.1, 0.15) is 6.10 Å². The van der Waals surface area contributed by atoms with E-state index in [1.165, 1.54) is 5.57 Å². The summed E-state index contributed by atoms with van der Waals surface area (Å²) >= 11 is 0. The van der Waals surface area contributed by atoms with Crippen LogP contribution in [0.3, 0.4) is 0 Å². The monoisotopic (exact) mass is 198 g/mol. The lowest BCUT2D eigenvalue weighted by Gasteiger charge is -2.42. The van der Waals surface area contributed by atoms with Crippen LogP contribution in [0.1, 0.15) is 39.0 Å². The minimum Gasteiger partial charge on any atom is -0.393 e. The van der Waals surface area contributed by atoms with Gasteiger partial charge in [0.2, 0.25) is 0 Å². The quantitative estimate of drug-likeness (QED) is 0.385. The summed E-state index contributed by atoms with van der Waals surface area (Å²) in [5.41, 5.74) is 1.51. The molecule has 2 rings (SSSR count). The van der Waals surface area contributed by atoms with Crippen molar-refractivity contribution in [2.75, 3.05) is 0 Å². The highest BCUT2D eigenvalue weighted by molar-refractivity contribution is 5.22. The molecule has 0 aromatic heterocycles. The first-order chi connectivity index (χ1) is 6.64. The van der Waals surface area contributed by atoms with Gasteiger partial charge in [-0.05, 0) is 37.5 Å². The molecule has 0 aromatic carbocycles. The average molecular weight is 198 g/mol. The van der Waals surface area contributed by atoms with Crippen molar-refractivity contribution < 1.29 is 15.3 Å². The van der Waals surface area contributed by atoms with Crippen molar-refractivity contribution in [2.45, 2.75) is 51.2 Å². The summed E-state index contributed by atoms with van der Waals surface area (Å²) in [6.45, 7) is 2.25. The van der Waals surface area contributed by atoms with E-state index in [1.54, 1.807) is 0 Å². The first-order valence-corrected chi connectivity index (χ1v) is 5.33. The molecule has 0 unspecified atom stereocenters. The van der Waals surface area contributed by atoms with Crippen LogP contribution < -0.4 is 0 Å². The molecular weight excluding hydrogens is 180 g/mol. The number of rotatable bonds is 1. The molecule has 80 valence electrons. The summed E-state index contributed by atoms with van der Waals surface area (Å²) in [5, 5.41) is 18.2. The van der Waals surface area contributed by atoms with E-state index in [1.807, 2.05) is 6.08 Å². The van der Waals surface area contributed by atoms with Crippen LogP contribution in [-0.4, -0.2) is 22.6 Å². The van der Waals surface area contributed by atoms with Gasteiger partial charge in [-0.15, -0.1) is 0 Å². The maximum Gasteiger partial charge on any atom is 0.111 e. The van der Waals surface area contributed by atoms with Crippen molar-refractivity contribution in [1.29, 1.82) is 0 Å². The third-order valence-electron chi connectivity index (χ3n) is 3.76. The van der Waals surface area contributed by atoms with Crippen molar-refractivity contribution in [1.82, 2.24) is 0 Å². The fraction of sp³-hybridized carbons (Fsp3) is 0.818. The van der Waals surface area contributed by atoms with Crippen LogP contribution in [0.15, 0.2) is 11.6 Å². The predicted octanol–water partition coefficient (Wildman–Crippen LogP) is 2.12. The fourth-order valence-corrected chi connectivity index (χ4v) is 2.65. The Labute approximate surface area is 84.3 Å². The first-order valence-electron chi connectivity index (χ1n) is 5.33. The van der Waals surface area contributed by atoms with E-state index in [0.29, 0.717) is 0 Å². The number of aliphatic hydroxyl groups is 1. The molecule has 3 nitrogen and oxygen atoms in total. The van der Waals surface area contributed by atoms with Crippen molar-refractivity contribution in [2.24, 2.45) is 5.41 Å². The standard InChI is InChI=1S/C11H18O3/c1-11-4-2-9(12)6-8(11)7-10(14-13)3-5-11/h7,9-10,12-13H,2-6H2,1H3/t9-,10-,11+/m0/s1. The lowest BCUT2D eigenvalue weighted by molar-refractivity contribution is -0.269. The van der Waals surface area contributed by atoms with Crippen molar-refractivity contribution in [3.05, 3.63) is 11.6 Å². The Bertz CT molecular complexity index is 249. The third kappa shape index (κ3) is 1.72. The molecule has 0 radical (unpaired) electrons. The van der Waals surface area contributed by atoms with Crippen LogP contribution in [-0.2, 0) is 4.89 Å². The van der Waals surface area contributed by atoms with Gasteiger partial charge in [0, 0.05) is 0 Å². The van der Waals surface area contributed by atoms with E-state index in [0.717, 1.165) is 32.1 Å². The van der Waals surface area contributed by atoms with Gasteiger partial charge in [-0.3, -0.25) is 5.26 Å². The van der Waals surface area contributed by atoms with Gasteiger partial charge in [-0.25, -0.2) is 4.89 Å². The minimum absolute atomic E-state index is 0.164. The molecule has 0 amide bonds. The molecular formula is C11H18O3. The van der Waals surface area contributed by atoms with Crippen LogP contribution in [0.5, 0.6) is 0 Å². The maximum atomic E-state index is 9.58. The summed E-state index contributed by atoms with van der Waals surface area (Å²) in [5.74, 6) is 0. The Hall–Kier alpha value is -0.380. The molecule has 14 heavy (non-hydrogen) atoms. The topological polar surface area (TPSA) is 49.7 Å². The number of fused-ring (bicyclic) bond motifs is 1. The van der Waals surface area contributed by atoms with Crippen LogP contribution >= 0.6 is 0 Å². The molecule has 0 aromatic rings. The zero-order chi connectivity index (χ0) is 10.2. The summed E-state index contributed by atoms with van der Waals surface area (Å²) in [6.07, 6.45) is 6.26. The molecule has 0 bridgehead atoms. The molecule has 0 aliphatic heterocycles. The smallest absolute Gasteiger partial charge is 0.111 e. The Morgan fingerprint density at radius 3 is 2.86 bits per heavy atom. The highest BCUT2D eigenvalue weighted by Gasteiger charge is 2.38. The predicted molar refractivity (Wildman–Crippen MR) is 52.8 cm³/mol. The van der Waals surface area contributed by atoms with Gasteiger partial charge in [0.15, 0.2) is 0 Å². The van der Waals surface area contributed by atoms with Gasteiger partial charge in [-0.2, -0.15) is 0 Å². The first kappa shape index (κ1) is 10.1. The maximum absolute atomic E-state index is 9.58. The van der Waals surface area contributed by atoms with Crippen LogP contribution in [0.4, 0.5) is 0 Å². The second kappa shape index (κ2) is 3.65. The van der Waals surface area contributed by atoms with E-state index < -0.39 is 0 Å². The van der Waals surface area contributed by atoms with Crippen molar-refractivity contribution in [3.63, 3.8) is 0 Å². The molecule has 2 aliphatic rings. The zero-order valence-electron chi connectivity index (χ0n) is 8.57. The highest BCUT2D eigenvalue weighted by Crippen LogP contribution is 2.47. The van der Waals surface area contributed by atoms with Gasteiger partial charge >= 0.3 is 0 Å². The Balaban J connectivity index is 2.19. The van der Waals surface area contributed by atoms with Crippen LogP contribution in [0.2, 0.25) is 0 Å². The van der Waals surface area contributed by atoms with E-state index in [-0.39, 0.29) is 17.6 Å². The van der Waals surface area contributed by atoms with E-state index >= 15 is 0 Å². The molecule has 0 spiro atoms. The summed E-state index contributed by atoms with van der Waals surface area (Å²) < 4.78 is 0. The van der Waals surface area contributed by atoms with Gasteiger partial charge in [0.25, 0.3) is 0 Å². The molecule has 3 atom stereocenters. The molecule has 0 heterocycles. The summed E-state index contributed by atoms with van der Waals surface area (Å²) in [4.78, 5) is 4.36. The number of hydrogen-bond acceptors (Lipinski definition) is 3. The molecule has 1 fully saturated rings. The molecule has 3 heteroatoms. The second-order valence-corrected chi connectivity index (χ2v) is 4.83. The molecule has 1 saturated carbocycles. The van der Waals surface area contributed by atoms with Gasteiger partial charge in [0.05, 0.1) is 6.10 Å². The van der Waals surface area contributed by atoms with Crippen LogP contribution in [0.25, 0.3) is 0 Å². The van der Waals surface area contributed by atoms with E-state index in [2.05, 4.69) is 11.8 Å². The average Bonchev–Trinajstić information content (AvgIpc) is 2.18.